The standard InChI is InChI=1S/C36H41F3N2O6/c1-21-12-6-7-13-24(21)25-14-8-9-15-26(25)29-31(47-20-22-18-23(36(37,38)39)19-40-32(22)45-5)28(35(2,3)4)30(34(43)44)41(29)33(42)27-16-10-11-17-46-27/h6-9,12-15,18-19,27-31H,10-11,16-17,20H2,1-5H3,(H,43,44)/t27-,28+,29-,30-,31-/m0/s1. The van der Waals surface area contributed by atoms with Gasteiger partial charge in [-0.15, -0.1) is 0 Å². The maximum Gasteiger partial charge on any atom is 0.417 e. The molecule has 2 aliphatic rings. The molecule has 0 radical (unpaired) electrons. The van der Waals surface area contributed by atoms with Gasteiger partial charge in [-0.25, -0.2) is 9.78 Å². The zero-order valence-corrected chi connectivity index (χ0v) is 27.2. The first kappa shape index (κ1) is 34.4. The number of halogens is 3. The molecule has 2 fully saturated rings. The van der Waals surface area contributed by atoms with Crippen molar-refractivity contribution in [1.82, 2.24) is 9.88 Å². The molecular weight excluding hydrogens is 613 g/mol. The van der Waals surface area contributed by atoms with Crippen LogP contribution in [-0.4, -0.2) is 58.8 Å². The summed E-state index contributed by atoms with van der Waals surface area (Å²) in [6.07, 6.45) is -3.72. The molecule has 0 aliphatic carbocycles. The van der Waals surface area contributed by atoms with Crippen LogP contribution in [0.25, 0.3) is 11.1 Å². The number of carboxylic acid groups (broad SMARTS) is 1. The van der Waals surface area contributed by atoms with E-state index in [2.05, 4.69) is 4.98 Å². The molecule has 0 spiro atoms. The number of carboxylic acids is 1. The topological polar surface area (TPSA) is 98.2 Å². The molecule has 1 aromatic heterocycles. The smallest absolute Gasteiger partial charge is 0.417 e. The number of alkyl halides is 3. The average Bonchev–Trinajstić information content (AvgIpc) is 3.39. The lowest BCUT2D eigenvalue weighted by Crippen LogP contribution is -2.51. The van der Waals surface area contributed by atoms with Crippen molar-refractivity contribution in [2.75, 3.05) is 13.7 Å². The van der Waals surface area contributed by atoms with Crippen LogP contribution >= 0.6 is 0 Å². The van der Waals surface area contributed by atoms with Crippen molar-refractivity contribution in [2.45, 2.75) is 84.0 Å². The molecule has 2 aromatic carbocycles. The van der Waals surface area contributed by atoms with Gasteiger partial charge in [-0.3, -0.25) is 4.79 Å². The molecule has 5 atom stereocenters. The van der Waals surface area contributed by atoms with Crippen LogP contribution in [0.1, 0.15) is 68.3 Å². The van der Waals surface area contributed by atoms with Gasteiger partial charge in [0.1, 0.15) is 12.1 Å². The second kappa shape index (κ2) is 13.6. The summed E-state index contributed by atoms with van der Waals surface area (Å²) in [5, 5.41) is 10.8. The first-order chi connectivity index (χ1) is 22.2. The molecule has 0 bridgehead atoms. The molecule has 0 unspecified atom stereocenters. The van der Waals surface area contributed by atoms with Gasteiger partial charge in [0.05, 0.1) is 31.4 Å². The SMILES string of the molecule is COc1ncc(C(F)(F)F)cc1CO[C@H]1[C@H](C(C)(C)C)[C@@H](C(=O)O)N(C(=O)[C@@H]2CCCCO2)[C@H]1c1ccccc1-c1ccccc1C. The number of ether oxygens (including phenoxy) is 3. The van der Waals surface area contributed by atoms with Crippen LogP contribution in [0.2, 0.25) is 0 Å². The number of hydrogen-bond donors (Lipinski definition) is 1. The molecule has 47 heavy (non-hydrogen) atoms. The number of carbonyl (C=O) groups excluding carboxylic acids is 1. The summed E-state index contributed by atoms with van der Waals surface area (Å²) >= 11 is 0. The Labute approximate surface area is 272 Å². The number of aromatic nitrogens is 1. The highest BCUT2D eigenvalue weighted by molar-refractivity contribution is 5.89. The third-order valence-corrected chi connectivity index (χ3v) is 9.16. The molecule has 8 nitrogen and oxygen atoms in total. The van der Waals surface area contributed by atoms with E-state index in [-0.39, 0.29) is 18.1 Å². The summed E-state index contributed by atoms with van der Waals surface area (Å²) in [5.41, 5.74) is 1.71. The van der Waals surface area contributed by atoms with Crippen LogP contribution in [0.5, 0.6) is 5.88 Å². The fourth-order valence-corrected chi connectivity index (χ4v) is 7.02. The number of benzene rings is 2. The van der Waals surface area contributed by atoms with Crippen LogP contribution < -0.4 is 4.74 Å². The number of nitrogens with zero attached hydrogens (tertiary/aromatic N) is 2. The molecule has 11 heteroatoms. The number of rotatable bonds is 8. The zero-order valence-electron chi connectivity index (χ0n) is 27.2. The Hall–Kier alpha value is -3.96. The van der Waals surface area contributed by atoms with Crippen molar-refractivity contribution in [3.63, 3.8) is 0 Å². The van der Waals surface area contributed by atoms with E-state index in [1.54, 1.807) is 0 Å². The number of aryl methyl sites for hydroxylation is 1. The minimum atomic E-state index is -4.65. The number of pyridine rings is 1. The molecule has 252 valence electrons. The van der Waals surface area contributed by atoms with Gasteiger partial charge in [0.2, 0.25) is 5.88 Å². The van der Waals surface area contributed by atoms with Crippen molar-refractivity contribution >= 4 is 11.9 Å². The van der Waals surface area contributed by atoms with Gasteiger partial charge < -0.3 is 24.2 Å². The van der Waals surface area contributed by atoms with Crippen molar-refractivity contribution < 1.29 is 42.1 Å². The van der Waals surface area contributed by atoms with Crippen molar-refractivity contribution in [2.24, 2.45) is 11.3 Å². The molecule has 1 amide bonds. The molecule has 2 saturated heterocycles. The van der Waals surface area contributed by atoms with E-state index in [0.717, 1.165) is 35.6 Å². The number of methoxy groups -OCH3 is 1. The van der Waals surface area contributed by atoms with Crippen LogP contribution in [0.4, 0.5) is 13.2 Å². The predicted molar refractivity (Wildman–Crippen MR) is 169 cm³/mol. The second-order valence-electron chi connectivity index (χ2n) is 13.3. The lowest BCUT2D eigenvalue weighted by Gasteiger charge is -2.35. The Morgan fingerprint density at radius 1 is 1.04 bits per heavy atom. The fourth-order valence-electron chi connectivity index (χ4n) is 7.02. The van der Waals surface area contributed by atoms with E-state index < -0.39 is 59.2 Å². The summed E-state index contributed by atoms with van der Waals surface area (Å²) < 4.78 is 58.9. The monoisotopic (exact) mass is 654 g/mol. The molecule has 2 aliphatic heterocycles. The van der Waals surface area contributed by atoms with E-state index >= 15 is 0 Å². The normalized spacial score (nSPS) is 23.5. The van der Waals surface area contributed by atoms with Gasteiger partial charge in [-0.05, 0) is 59.9 Å². The highest BCUT2D eigenvalue weighted by Crippen LogP contribution is 2.52. The summed E-state index contributed by atoms with van der Waals surface area (Å²) in [6, 6.07) is 14.0. The predicted octanol–water partition coefficient (Wildman–Crippen LogP) is 7.24. The van der Waals surface area contributed by atoms with Crippen LogP contribution in [-0.2, 0) is 31.8 Å². The van der Waals surface area contributed by atoms with Gasteiger partial charge in [0.15, 0.2) is 0 Å². The highest BCUT2D eigenvalue weighted by Gasteiger charge is 2.60. The van der Waals surface area contributed by atoms with Crippen LogP contribution in [0.3, 0.4) is 0 Å². The second-order valence-corrected chi connectivity index (χ2v) is 13.3. The van der Waals surface area contributed by atoms with E-state index in [1.807, 2.05) is 76.2 Å². The number of amides is 1. The summed E-state index contributed by atoms with van der Waals surface area (Å²) in [5.74, 6) is -2.46. The van der Waals surface area contributed by atoms with E-state index in [4.69, 9.17) is 14.2 Å². The number of carbonyl (C=O) groups is 2. The average molecular weight is 655 g/mol. The third-order valence-electron chi connectivity index (χ3n) is 9.16. The van der Waals surface area contributed by atoms with Gasteiger partial charge in [0, 0.05) is 24.3 Å². The number of likely N-dealkylation sites (tertiary alicyclic amines) is 1. The van der Waals surface area contributed by atoms with Crippen molar-refractivity contribution in [1.29, 1.82) is 0 Å². The van der Waals surface area contributed by atoms with Crippen LogP contribution in [0, 0.1) is 18.3 Å². The quantitative estimate of drug-likeness (QED) is 0.274. The largest absolute Gasteiger partial charge is 0.481 e. The Balaban J connectivity index is 1.71. The minimum absolute atomic E-state index is 0.0431. The van der Waals surface area contributed by atoms with E-state index in [0.29, 0.717) is 24.8 Å². The number of aliphatic carboxylic acids is 1. The minimum Gasteiger partial charge on any atom is -0.481 e. The molecule has 3 aromatic rings. The van der Waals surface area contributed by atoms with Crippen LogP contribution in [0.15, 0.2) is 60.8 Å². The van der Waals surface area contributed by atoms with Crippen molar-refractivity contribution in [3.8, 4) is 17.0 Å². The molecule has 0 saturated carbocycles. The first-order valence-electron chi connectivity index (χ1n) is 15.8. The van der Waals surface area contributed by atoms with Gasteiger partial charge in [-0.1, -0.05) is 69.3 Å². The maximum atomic E-state index is 14.5. The lowest BCUT2D eigenvalue weighted by atomic mass is 9.73. The molecule has 3 heterocycles. The van der Waals surface area contributed by atoms with E-state index in [1.165, 1.54) is 12.0 Å². The Kier molecular flexibility index (Phi) is 9.98. The Morgan fingerprint density at radius 3 is 2.32 bits per heavy atom. The molecule has 1 N–H and O–H groups in total. The lowest BCUT2D eigenvalue weighted by molar-refractivity contribution is -0.159. The van der Waals surface area contributed by atoms with Gasteiger partial charge in [-0.2, -0.15) is 13.2 Å². The first-order valence-corrected chi connectivity index (χ1v) is 15.8. The van der Waals surface area contributed by atoms with Gasteiger partial charge >= 0.3 is 12.1 Å². The van der Waals surface area contributed by atoms with Gasteiger partial charge in [0.25, 0.3) is 5.91 Å². The van der Waals surface area contributed by atoms with Crippen molar-refractivity contribution in [3.05, 3.63) is 83.0 Å². The summed E-state index contributed by atoms with van der Waals surface area (Å²) in [6.45, 7) is 7.63. The zero-order chi connectivity index (χ0) is 34.1. The fraction of sp³-hybridized carbons (Fsp3) is 0.472. The maximum absolute atomic E-state index is 14.5. The van der Waals surface area contributed by atoms with E-state index in [9.17, 15) is 27.9 Å². The molecule has 5 rings (SSSR count). The number of hydrogen-bond acceptors (Lipinski definition) is 6. The summed E-state index contributed by atoms with van der Waals surface area (Å²) in [4.78, 5) is 33.0. The highest BCUT2D eigenvalue weighted by atomic mass is 19.4. The Bertz CT molecular complexity index is 1600. The third kappa shape index (κ3) is 7.01. The Morgan fingerprint density at radius 2 is 1.72 bits per heavy atom. The molecular formula is C36H41F3N2O6. The summed E-state index contributed by atoms with van der Waals surface area (Å²) in [7, 11) is 1.30.